The van der Waals surface area contributed by atoms with Crippen LogP contribution in [0.2, 0.25) is 0 Å². The molecule has 2 atom stereocenters. The van der Waals surface area contributed by atoms with E-state index < -0.39 is 26.5 Å². The Morgan fingerprint density at radius 1 is 0.314 bits per heavy atom. The number of hydrogen-bond acceptors (Lipinski definition) is 8. The highest BCUT2D eigenvalue weighted by atomic mass is 31.2. The number of phosphoric ester groups is 1. The average Bonchev–Trinajstić information content (AvgIpc) is 0.916. The van der Waals surface area contributed by atoms with Crippen molar-refractivity contribution in [2.24, 2.45) is 0 Å². The Hall–Kier alpha value is -3.07. The predicted octanol–water partition coefficient (Wildman–Crippen LogP) is 29.1. The molecule has 0 aliphatic rings. The molecule has 10 heteroatoms. The van der Waals surface area contributed by atoms with Crippen molar-refractivity contribution in [3.05, 3.63) is 97.2 Å². The zero-order valence-electron chi connectivity index (χ0n) is 68.1. The van der Waals surface area contributed by atoms with Gasteiger partial charge in [0.2, 0.25) is 0 Å². The number of unbranched alkanes of at least 4 members (excludes halogenated alkanes) is 52. The van der Waals surface area contributed by atoms with Gasteiger partial charge in [-0.1, -0.05) is 413 Å². The van der Waals surface area contributed by atoms with Crippen molar-refractivity contribution >= 4 is 19.8 Å². The summed E-state index contributed by atoms with van der Waals surface area (Å²) in [6.45, 7) is 4.18. The van der Waals surface area contributed by atoms with E-state index in [1.165, 1.54) is 315 Å². The molecule has 0 heterocycles. The molecule has 0 aromatic heterocycles. The van der Waals surface area contributed by atoms with Crippen LogP contribution in [0.5, 0.6) is 0 Å². The summed E-state index contributed by atoms with van der Waals surface area (Å²) in [6.07, 6.45) is 116. The van der Waals surface area contributed by atoms with Crippen molar-refractivity contribution < 1.29 is 42.1 Å². The zero-order chi connectivity index (χ0) is 74.0. The summed E-state index contributed by atoms with van der Waals surface area (Å²) in [7, 11) is 1.19. The number of phosphoric acid groups is 1. The second-order valence-corrected chi connectivity index (χ2v) is 32.3. The fourth-order valence-corrected chi connectivity index (χ4v) is 13.7. The quantitative estimate of drug-likeness (QED) is 0.0195. The van der Waals surface area contributed by atoms with E-state index in [-0.39, 0.29) is 32.0 Å². The Balaban J connectivity index is 3.87. The van der Waals surface area contributed by atoms with Crippen molar-refractivity contribution in [2.75, 3.05) is 47.5 Å². The Morgan fingerprint density at radius 3 is 0.833 bits per heavy atom. The SMILES string of the molecule is CC/C=C\C/C=C\C/C=C\C/C=C\C/C=C\C/C=C\CCCCCCCCCCCCCCCCCCCCCCCCC(=O)OC(COC(=O)CCCCCCCCCCCCCCCCCCCCCCCCCCC/C=C\C/C=C\CCCCCCC)COP(=O)([O-])OCC[N+](C)(C)C. The maximum Gasteiger partial charge on any atom is 0.306 e. The van der Waals surface area contributed by atoms with Gasteiger partial charge in [0, 0.05) is 12.8 Å². The maximum atomic E-state index is 12.9. The number of rotatable bonds is 82. The van der Waals surface area contributed by atoms with Crippen LogP contribution in [-0.2, 0) is 32.7 Å². The van der Waals surface area contributed by atoms with Crippen LogP contribution < -0.4 is 4.89 Å². The molecule has 0 aliphatic carbocycles. The van der Waals surface area contributed by atoms with Crippen LogP contribution in [-0.4, -0.2) is 70.0 Å². The fourth-order valence-electron chi connectivity index (χ4n) is 12.9. The lowest BCUT2D eigenvalue weighted by Gasteiger charge is -2.28. The van der Waals surface area contributed by atoms with E-state index >= 15 is 0 Å². The lowest BCUT2D eigenvalue weighted by atomic mass is 10.0. The van der Waals surface area contributed by atoms with Crippen LogP contribution >= 0.6 is 7.82 Å². The number of carbonyl (C=O) groups is 2. The molecule has 0 amide bonds. The molecule has 0 aromatic rings. The molecule has 0 aliphatic heterocycles. The largest absolute Gasteiger partial charge is 0.756 e. The molecule has 0 rings (SSSR count). The van der Waals surface area contributed by atoms with Crippen LogP contribution in [0.4, 0.5) is 0 Å². The molecule has 0 radical (unpaired) electrons. The monoisotopic (exact) mass is 1450 g/mol. The molecule has 0 spiro atoms. The first-order valence-corrected chi connectivity index (χ1v) is 45.4. The summed E-state index contributed by atoms with van der Waals surface area (Å²) in [6, 6.07) is 0. The molecular formula is C92H168NO8P. The molecule has 0 saturated carbocycles. The number of nitrogens with zero attached hydrogens (tertiary/aromatic N) is 1. The smallest absolute Gasteiger partial charge is 0.306 e. The highest BCUT2D eigenvalue weighted by Gasteiger charge is 2.22. The second kappa shape index (κ2) is 82.0. The van der Waals surface area contributed by atoms with Gasteiger partial charge in [-0.2, -0.15) is 0 Å². The molecule has 0 fully saturated rings. The Morgan fingerprint density at radius 2 is 0.559 bits per heavy atom. The summed E-state index contributed by atoms with van der Waals surface area (Å²) in [5.41, 5.74) is 0. The van der Waals surface area contributed by atoms with Crippen LogP contribution in [0.1, 0.15) is 425 Å². The standard InChI is InChI=1S/C92H168NO8P/c1-6-8-10-12-14-16-18-20-22-24-26-28-30-32-34-36-38-40-42-44-45-46-47-49-51-53-55-57-59-61-63-65-67-69-71-73-75-77-79-81-83-85-92(95)101-90(89-100-102(96,97)99-87-86-93(3,4)5)88-98-91(94)84-82-80-78-76-74-72-70-68-66-64-62-60-58-56-54-52-50-48-43-41-39-37-35-33-31-29-27-25-23-21-19-17-15-13-11-9-7-2/h8,10,14,16,19-22,25-28,32,34,38,40,90H,6-7,9,11-13,15,17-18,23-24,29-31,33,35-37,39,41-89H2,1-5H3/b10-8-,16-14-,21-19-,22-20-,27-25-,28-26-,34-32-,40-38-. The molecule has 102 heavy (non-hydrogen) atoms. The molecule has 594 valence electrons. The van der Waals surface area contributed by atoms with Gasteiger partial charge >= 0.3 is 11.9 Å². The topological polar surface area (TPSA) is 111 Å². The molecule has 0 aromatic carbocycles. The third-order valence-corrected chi connectivity index (χ3v) is 20.6. The van der Waals surface area contributed by atoms with E-state index in [1.54, 1.807) is 0 Å². The maximum absolute atomic E-state index is 12.9. The number of hydrogen-bond donors (Lipinski definition) is 0. The molecule has 0 saturated heterocycles. The van der Waals surface area contributed by atoms with E-state index in [2.05, 4.69) is 111 Å². The van der Waals surface area contributed by atoms with E-state index in [0.717, 1.165) is 77.0 Å². The zero-order valence-corrected chi connectivity index (χ0v) is 69.0. The van der Waals surface area contributed by atoms with Gasteiger partial charge in [0.25, 0.3) is 7.82 Å². The molecule has 9 nitrogen and oxygen atoms in total. The summed E-state index contributed by atoms with van der Waals surface area (Å²) >= 11 is 0. The van der Waals surface area contributed by atoms with Gasteiger partial charge in [-0.15, -0.1) is 0 Å². The van der Waals surface area contributed by atoms with Crippen molar-refractivity contribution in [1.29, 1.82) is 0 Å². The third kappa shape index (κ3) is 85.9. The normalized spacial score (nSPS) is 13.4. The number of likely N-dealkylation sites (N-methyl/N-ethyl adjacent to an activating group) is 1. The second-order valence-electron chi connectivity index (χ2n) is 30.9. The van der Waals surface area contributed by atoms with Gasteiger partial charge in [0.15, 0.2) is 6.10 Å². The first kappa shape index (κ1) is 98.9. The predicted molar refractivity (Wildman–Crippen MR) is 443 cm³/mol. The summed E-state index contributed by atoms with van der Waals surface area (Å²) in [5.74, 6) is -0.811. The number of carbonyl (C=O) groups excluding carboxylic acids is 2. The number of allylic oxidation sites excluding steroid dienone is 16. The van der Waals surface area contributed by atoms with Crippen LogP contribution in [0.25, 0.3) is 0 Å². The minimum atomic E-state index is -4.65. The summed E-state index contributed by atoms with van der Waals surface area (Å²) < 4.78 is 34.5. The van der Waals surface area contributed by atoms with E-state index in [9.17, 15) is 19.0 Å². The Bertz CT molecular complexity index is 2050. The Kier molecular flexibility index (Phi) is 79.5. The van der Waals surface area contributed by atoms with Crippen molar-refractivity contribution in [2.45, 2.75) is 431 Å². The van der Waals surface area contributed by atoms with E-state index in [4.69, 9.17) is 18.5 Å². The number of quaternary nitrogens is 1. The van der Waals surface area contributed by atoms with Gasteiger partial charge in [0.05, 0.1) is 27.7 Å². The van der Waals surface area contributed by atoms with E-state index in [1.807, 2.05) is 21.1 Å². The average molecular weight is 1450 g/mol. The van der Waals surface area contributed by atoms with Crippen molar-refractivity contribution in [3.8, 4) is 0 Å². The lowest BCUT2D eigenvalue weighted by Crippen LogP contribution is -2.37. The van der Waals surface area contributed by atoms with Gasteiger partial charge in [-0.05, 0) is 96.3 Å². The van der Waals surface area contributed by atoms with Gasteiger partial charge in [0.1, 0.15) is 19.8 Å². The van der Waals surface area contributed by atoms with Gasteiger partial charge < -0.3 is 27.9 Å². The minimum Gasteiger partial charge on any atom is -0.756 e. The van der Waals surface area contributed by atoms with Crippen LogP contribution in [0, 0.1) is 0 Å². The number of ether oxygens (including phenoxy) is 2. The highest BCUT2D eigenvalue weighted by Crippen LogP contribution is 2.38. The van der Waals surface area contributed by atoms with Crippen molar-refractivity contribution in [3.63, 3.8) is 0 Å². The van der Waals surface area contributed by atoms with Crippen LogP contribution in [0.3, 0.4) is 0 Å². The van der Waals surface area contributed by atoms with Gasteiger partial charge in [-0.3, -0.25) is 14.2 Å². The summed E-state index contributed by atoms with van der Waals surface area (Å²) in [4.78, 5) is 38.3. The number of esters is 2. The molecule has 0 bridgehead atoms. The molecule has 2 unspecified atom stereocenters. The third-order valence-electron chi connectivity index (χ3n) is 19.6. The fraction of sp³-hybridized carbons (Fsp3) is 0.804. The lowest BCUT2D eigenvalue weighted by molar-refractivity contribution is -0.870. The first-order chi connectivity index (χ1) is 50.0. The molecular weight excluding hydrogens is 1280 g/mol. The minimum absolute atomic E-state index is 0.0296. The highest BCUT2D eigenvalue weighted by molar-refractivity contribution is 7.45. The summed E-state index contributed by atoms with van der Waals surface area (Å²) in [5, 5.41) is 0. The Labute approximate surface area is 634 Å². The van der Waals surface area contributed by atoms with Crippen LogP contribution in [0.15, 0.2) is 97.2 Å². The first-order valence-electron chi connectivity index (χ1n) is 43.9. The van der Waals surface area contributed by atoms with Gasteiger partial charge in [-0.25, -0.2) is 0 Å². The molecule has 0 N–H and O–H groups in total. The van der Waals surface area contributed by atoms with Crippen molar-refractivity contribution in [1.82, 2.24) is 0 Å². The van der Waals surface area contributed by atoms with E-state index in [0.29, 0.717) is 17.4 Å².